The normalized spacial score (nSPS) is 12.2. The summed E-state index contributed by atoms with van der Waals surface area (Å²) in [6.07, 6.45) is 0. The van der Waals surface area contributed by atoms with Gasteiger partial charge < -0.3 is 15.0 Å². The second-order valence-corrected chi connectivity index (χ2v) is 9.56. The molecule has 0 spiro atoms. The molecule has 0 aliphatic carbocycles. The first-order chi connectivity index (χ1) is 14.0. The lowest BCUT2D eigenvalue weighted by Crippen LogP contribution is -2.53. The van der Waals surface area contributed by atoms with E-state index in [1.165, 1.54) is 4.90 Å². The van der Waals surface area contributed by atoms with Crippen LogP contribution in [0.25, 0.3) is 0 Å². The zero-order chi connectivity index (χ0) is 22.5. The molecule has 5 nitrogen and oxygen atoms in total. The summed E-state index contributed by atoms with van der Waals surface area (Å²) in [6, 6.07) is 12.1. The Kier molecular flexibility index (Phi) is 8.33. The largest absolute Gasteiger partial charge is 0.484 e. The van der Waals surface area contributed by atoms with E-state index >= 15 is 0 Å². The molecule has 0 aromatic heterocycles. The molecule has 162 valence electrons. The van der Waals surface area contributed by atoms with E-state index in [0.717, 1.165) is 15.6 Å². The topological polar surface area (TPSA) is 58.6 Å². The quantitative estimate of drug-likeness (QED) is 0.580. The van der Waals surface area contributed by atoms with Crippen molar-refractivity contribution in [3.63, 3.8) is 0 Å². The van der Waals surface area contributed by atoms with E-state index in [9.17, 15) is 9.59 Å². The fourth-order valence-corrected chi connectivity index (χ4v) is 3.28. The number of carbonyl (C=O) groups excluding carboxylic acids is 2. The number of hydrogen-bond acceptors (Lipinski definition) is 3. The van der Waals surface area contributed by atoms with Crippen molar-refractivity contribution in [2.24, 2.45) is 0 Å². The van der Waals surface area contributed by atoms with Crippen LogP contribution >= 0.6 is 27.5 Å². The predicted octanol–water partition coefficient (Wildman–Crippen LogP) is 5.12. The van der Waals surface area contributed by atoms with Gasteiger partial charge in [0.05, 0.1) is 0 Å². The van der Waals surface area contributed by atoms with Crippen LogP contribution < -0.4 is 10.1 Å². The first-order valence-electron chi connectivity index (χ1n) is 9.71. The number of rotatable bonds is 7. The van der Waals surface area contributed by atoms with Crippen LogP contribution in [0.5, 0.6) is 5.75 Å². The van der Waals surface area contributed by atoms with E-state index in [0.29, 0.717) is 10.8 Å². The fraction of sp³-hybridized carbons (Fsp3) is 0.391. The van der Waals surface area contributed by atoms with E-state index in [1.54, 1.807) is 25.1 Å². The number of amides is 2. The molecule has 2 amide bonds. The summed E-state index contributed by atoms with van der Waals surface area (Å²) in [5.41, 5.74) is 1.45. The van der Waals surface area contributed by atoms with Crippen molar-refractivity contribution in [3.8, 4) is 5.75 Å². The van der Waals surface area contributed by atoms with Gasteiger partial charge in [-0.1, -0.05) is 39.7 Å². The van der Waals surface area contributed by atoms with E-state index in [-0.39, 0.29) is 25.0 Å². The first-order valence-corrected chi connectivity index (χ1v) is 10.9. The number of halogens is 2. The lowest BCUT2D eigenvalue weighted by Gasteiger charge is -2.31. The van der Waals surface area contributed by atoms with Crippen molar-refractivity contribution >= 4 is 39.3 Å². The SMILES string of the molecule is Cc1cc(OCC(=O)N(Cc2cccc(Cl)c2)[C@H](C)C(=O)NC(C)(C)C)ccc1Br. The van der Waals surface area contributed by atoms with Gasteiger partial charge >= 0.3 is 0 Å². The van der Waals surface area contributed by atoms with E-state index in [2.05, 4.69) is 21.2 Å². The molecule has 2 aromatic carbocycles. The van der Waals surface area contributed by atoms with Gasteiger partial charge in [0.2, 0.25) is 5.91 Å². The maximum Gasteiger partial charge on any atom is 0.261 e. The Balaban J connectivity index is 2.18. The van der Waals surface area contributed by atoms with Gasteiger partial charge in [-0.3, -0.25) is 9.59 Å². The molecule has 0 saturated heterocycles. The number of carbonyl (C=O) groups is 2. The summed E-state index contributed by atoms with van der Waals surface area (Å²) in [7, 11) is 0. The minimum absolute atomic E-state index is 0.172. The molecule has 2 aromatic rings. The number of nitrogens with zero attached hydrogens (tertiary/aromatic N) is 1. The van der Waals surface area contributed by atoms with E-state index in [4.69, 9.17) is 16.3 Å². The molecule has 0 aliphatic rings. The average molecular weight is 496 g/mol. The molecule has 0 fully saturated rings. The molecule has 0 aliphatic heterocycles. The average Bonchev–Trinajstić information content (AvgIpc) is 2.65. The van der Waals surface area contributed by atoms with Crippen molar-refractivity contribution in [2.45, 2.75) is 52.7 Å². The number of benzene rings is 2. The van der Waals surface area contributed by atoms with E-state index < -0.39 is 11.6 Å². The van der Waals surface area contributed by atoms with Gasteiger partial charge in [-0.05, 0) is 76.1 Å². The van der Waals surface area contributed by atoms with Crippen LogP contribution in [0.15, 0.2) is 46.9 Å². The second kappa shape index (κ2) is 10.3. The van der Waals surface area contributed by atoms with Gasteiger partial charge in [-0.15, -0.1) is 0 Å². The molecule has 30 heavy (non-hydrogen) atoms. The van der Waals surface area contributed by atoms with Crippen molar-refractivity contribution in [3.05, 3.63) is 63.1 Å². The Morgan fingerprint density at radius 2 is 1.90 bits per heavy atom. The van der Waals surface area contributed by atoms with Crippen molar-refractivity contribution < 1.29 is 14.3 Å². The second-order valence-electron chi connectivity index (χ2n) is 8.27. The molecular formula is C23H28BrClN2O3. The molecular weight excluding hydrogens is 468 g/mol. The molecule has 0 saturated carbocycles. The van der Waals surface area contributed by atoms with Crippen LogP contribution in [0, 0.1) is 6.92 Å². The van der Waals surface area contributed by atoms with Crippen molar-refractivity contribution in [1.82, 2.24) is 10.2 Å². The third-order valence-electron chi connectivity index (χ3n) is 4.40. The highest BCUT2D eigenvalue weighted by Crippen LogP contribution is 2.22. The maximum atomic E-state index is 13.0. The van der Waals surface area contributed by atoms with Crippen LogP contribution in [0.2, 0.25) is 5.02 Å². The third-order valence-corrected chi connectivity index (χ3v) is 5.52. The molecule has 1 N–H and O–H groups in total. The Bertz CT molecular complexity index is 912. The number of hydrogen-bond donors (Lipinski definition) is 1. The lowest BCUT2D eigenvalue weighted by atomic mass is 10.1. The summed E-state index contributed by atoms with van der Waals surface area (Å²) >= 11 is 9.54. The van der Waals surface area contributed by atoms with Gasteiger partial charge in [-0.2, -0.15) is 0 Å². The van der Waals surface area contributed by atoms with Crippen LogP contribution in [-0.4, -0.2) is 34.9 Å². The van der Waals surface area contributed by atoms with Crippen molar-refractivity contribution in [2.75, 3.05) is 6.61 Å². The summed E-state index contributed by atoms with van der Waals surface area (Å²) in [6.45, 7) is 9.45. The summed E-state index contributed by atoms with van der Waals surface area (Å²) in [5, 5.41) is 3.51. The minimum Gasteiger partial charge on any atom is -0.484 e. The maximum absolute atomic E-state index is 13.0. The van der Waals surface area contributed by atoms with Crippen LogP contribution in [-0.2, 0) is 16.1 Å². The molecule has 1 atom stereocenters. The number of ether oxygens (including phenoxy) is 1. The molecule has 7 heteroatoms. The molecule has 0 bridgehead atoms. The van der Waals surface area contributed by atoms with Gasteiger partial charge in [0, 0.05) is 21.6 Å². The van der Waals surface area contributed by atoms with Gasteiger partial charge in [0.1, 0.15) is 11.8 Å². The zero-order valence-electron chi connectivity index (χ0n) is 18.0. The Morgan fingerprint density at radius 3 is 2.50 bits per heavy atom. The fourth-order valence-electron chi connectivity index (χ4n) is 2.82. The molecule has 0 radical (unpaired) electrons. The molecule has 2 rings (SSSR count). The van der Waals surface area contributed by atoms with Crippen LogP contribution in [0.4, 0.5) is 0 Å². The van der Waals surface area contributed by atoms with Gasteiger partial charge in [-0.25, -0.2) is 0 Å². The smallest absolute Gasteiger partial charge is 0.261 e. The van der Waals surface area contributed by atoms with Crippen LogP contribution in [0.1, 0.15) is 38.8 Å². The van der Waals surface area contributed by atoms with Gasteiger partial charge in [0.15, 0.2) is 6.61 Å². The first kappa shape index (κ1) is 24.2. The Hall–Kier alpha value is -2.05. The lowest BCUT2D eigenvalue weighted by molar-refractivity contribution is -0.142. The van der Waals surface area contributed by atoms with Crippen LogP contribution in [0.3, 0.4) is 0 Å². The van der Waals surface area contributed by atoms with Gasteiger partial charge in [0.25, 0.3) is 5.91 Å². The number of nitrogens with one attached hydrogen (secondary N) is 1. The highest BCUT2D eigenvalue weighted by molar-refractivity contribution is 9.10. The summed E-state index contributed by atoms with van der Waals surface area (Å²) in [5.74, 6) is 0.0861. The van der Waals surface area contributed by atoms with Crippen molar-refractivity contribution in [1.29, 1.82) is 0 Å². The highest BCUT2D eigenvalue weighted by atomic mass is 79.9. The predicted molar refractivity (Wildman–Crippen MR) is 124 cm³/mol. The Morgan fingerprint density at radius 1 is 1.20 bits per heavy atom. The Labute approximate surface area is 191 Å². The highest BCUT2D eigenvalue weighted by Gasteiger charge is 2.28. The number of aryl methyl sites for hydroxylation is 1. The standard InChI is InChI=1S/C23H28BrClN2O3/c1-15-11-19(9-10-20(15)24)30-14-21(28)27(13-17-7-6-8-18(25)12-17)16(2)22(29)26-23(3,4)5/h6-12,16H,13-14H2,1-5H3,(H,26,29)/t16-/m1/s1. The molecule has 0 heterocycles. The van der Waals surface area contributed by atoms with E-state index in [1.807, 2.05) is 52.0 Å². The molecule has 0 unspecified atom stereocenters. The zero-order valence-corrected chi connectivity index (χ0v) is 20.3. The monoisotopic (exact) mass is 494 g/mol. The summed E-state index contributed by atoms with van der Waals surface area (Å²) in [4.78, 5) is 27.3. The minimum atomic E-state index is -0.675. The summed E-state index contributed by atoms with van der Waals surface area (Å²) < 4.78 is 6.68. The third kappa shape index (κ3) is 7.33.